The number of hydrogen-bond donors (Lipinski definition) is 2. The number of rotatable bonds is 5. The molecule has 0 spiro atoms. The van der Waals surface area contributed by atoms with Gasteiger partial charge >= 0.3 is 0 Å². The molecule has 2 N–H and O–H groups in total. The lowest BCUT2D eigenvalue weighted by Crippen LogP contribution is -1.95. The van der Waals surface area contributed by atoms with Crippen LogP contribution in [0.5, 0.6) is 0 Å². The Kier molecular flexibility index (Phi) is 4.09. The van der Waals surface area contributed by atoms with Crippen LogP contribution in [0.25, 0.3) is 22.4 Å². The molecule has 2 heterocycles. The maximum Gasteiger partial charge on any atom is 0.137 e. The maximum atomic E-state index is 4.72. The minimum Gasteiger partial charge on any atom is -0.345 e. The molecule has 3 rings (SSSR count). The van der Waals surface area contributed by atoms with Crippen LogP contribution in [0.15, 0.2) is 41.7 Å². The minimum absolute atomic E-state index is 0.883. The highest BCUT2D eigenvalue weighted by atomic mass is 14.9. The molecule has 0 bridgehead atoms. The summed E-state index contributed by atoms with van der Waals surface area (Å²) in [6.45, 7) is 6.64. The molecule has 4 nitrogen and oxygen atoms in total. The van der Waals surface area contributed by atoms with Crippen molar-refractivity contribution in [3.8, 4) is 11.4 Å². The van der Waals surface area contributed by atoms with Gasteiger partial charge in [-0.1, -0.05) is 25.0 Å². The Labute approximate surface area is 130 Å². The fourth-order valence-corrected chi connectivity index (χ4v) is 2.75. The predicted octanol–water partition coefficient (Wildman–Crippen LogP) is 4.63. The third-order valence-corrected chi connectivity index (χ3v) is 4.24. The standard InChI is InChI=1S/C18H22N4/c1-4-12(3)13(5-2)11-17-21-15-7-6-14(10-16(15)22-17)18-19-8-9-20-18/h6-10H,4-5,11H2,1-3H3,(H,19,20)(H,21,22). The Morgan fingerprint density at radius 1 is 1.18 bits per heavy atom. The number of benzene rings is 1. The van der Waals surface area contributed by atoms with Crippen molar-refractivity contribution in [3.05, 3.63) is 47.6 Å². The molecule has 114 valence electrons. The number of aromatic nitrogens is 4. The van der Waals surface area contributed by atoms with E-state index in [1.54, 1.807) is 6.20 Å². The quantitative estimate of drug-likeness (QED) is 0.674. The molecule has 0 aliphatic carbocycles. The molecule has 0 saturated carbocycles. The Morgan fingerprint density at radius 2 is 2.05 bits per heavy atom. The lowest BCUT2D eigenvalue weighted by atomic mass is 10.0. The van der Waals surface area contributed by atoms with Crippen LogP contribution >= 0.6 is 0 Å². The van der Waals surface area contributed by atoms with Gasteiger partial charge in [-0.25, -0.2) is 9.97 Å². The van der Waals surface area contributed by atoms with Crippen molar-refractivity contribution in [2.45, 2.75) is 40.0 Å². The molecule has 0 amide bonds. The van der Waals surface area contributed by atoms with Crippen LogP contribution in [0.4, 0.5) is 0 Å². The molecule has 0 atom stereocenters. The summed E-state index contributed by atoms with van der Waals surface area (Å²) in [7, 11) is 0. The van der Waals surface area contributed by atoms with Crippen LogP contribution in [-0.2, 0) is 6.42 Å². The molecule has 0 aliphatic heterocycles. The van der Waals surface area contributed by atoms with E-state index in [9.17, 15) is 0 Å². The van der Waals surface area contributed by atoms with Crippen molar-refractivity contribution in [1.82, 2.24) is 19.9 Å². The van der Waals surface area contributed by atoms with Crippen molar-refractivity contribution in [2.75, 3.05) is 0 Å². The number of H-pyrrole nitrogens is 2. The normalized spacial score (nSPS) is 12.7. The first-order valence-electron chi connectivity index (χ1n) is 7.87. The summed E-state index contributed by atoms with van der Waals surface area (Å²) >= 11 is 0. The molecule has 3 aromatic rings. The van der Waals surface area contributed by atoms with Gasteiger partial charge in [0.15, 0.2) is 0 Å². The van der Waals surface area contributed by atoms with E-state index in [1.807, 2.05) is 6.20 Å². The van der Waals surface area contributed by atoms with E-state index in [0.717, 1.165) is 47.5 Å². The summed E-state index contributed by atoms with van der Waals surface area (Å²) in [5.74, 6) is 1.92. The summed E-state index contributed by atoms with van der Waals surface area (Å²) < 4.78 is 0. The van der Waals surface area contributed by atoms with E-state index < -0.39 is 0 Å². The Balaban J connectivity index is 1.93. The zero-order valence-corrected chi connectivity index (χ0v) is 13.4. The molecule has 0 aliphatic rings. The fraction of sp³-hybridized carbons (Fsp3) is 0.333. The number of nitrogens with one attached hydrogen (secondary N) is 2. The number of imidazole rings is 2. The van der Waals surface area contributed by atoms with Gasteiger partial charge in [-0.2, -0.15) is 0 Å². The fourth-order valence-electron chi connectivity index (χ4n) is 2.75. The van der Waals surface area contributed by atoms with Gasteiger partial charge in [0, 0.05) is 24.4 Å². The summed E-state index contributed by atoms with van der Waals surface area (Å²) in [6, 6.07) is 6.21. The van der Waals surface area contributed by atoms with Crippen LogP contribution in [-0.4, -0.2) is 19.9 Å². The van der Waals surface area contributed by atoms with Crippen LogP contribution in [0.2, 0.25) is 0 Å². The Hall–Kier alpha value is -2.36. The van der Waals surface area contributed by atoms with Crippen molar-refractivity contribution < 1.29 is 0 Å². The highest BCUT2D eigenvalue weighted by molar-refractivity contribution is 5.80. The van der Waals surface area contributed by atoms with E-state index in [0.29, 0.717) is 0 Å². The first kappa shape index (κ1) is 14.6. The van der Waals surface area contributed by atoms with Crippen LogP contribution in [0.1, 0.15) is 39.4 Å². The van der Waals surface area contributed by atoms with Gasteiger partial charge in [-0.15, -0.1) is 0 Å². The SMILES string of the molecule is CCC(C)=C(CC)Cc1nc2ccc(-c3ncc[nH]3)cc2[nH]1. The number of allylic oxidation sites excluding steroid dienone is 2. The Morgan fingerprint density at radius 3 is 2.73 bits per heavy atom. The van der Waals surface area contributed by atoms with E-state index >= 15 is 0 Å². The first-order chi connectivity index (χ1) is 10.7. The monoisotopic (exact) mass is 294 g/mol. The van der Waals surface area contributed by atoms with Crippen molar-refractivity contribution in [2.24, 2.45) is 0 Å². The molecule has 22 heavy (non-hydrogen) atoms. The summed E-state index contributed by atoms with van der Waals surface area (Å²) in [6.07, 6.45) is 6.69. The van der Waals surface area contributed by atoms with Crippen LogP contribution in [0, 0.1) is 0 Å². The van der Waals surface area contributed by atoms with Gasteiger partial charge in [0.25, 0.3) is 0 Å². The van der Waals surface area contributed by atoms with Crippen molar-refractivity contribution in [1.29, 1.82) is 0 Å². The third kappa shape index (κ3) is 2.82. The minimum atomic E-state index is 0.883. The number of hydrogen-bond acceptors (Lipinski definition) is 2. The van der Waals surface area contributed by atoms with Gasteiger partial charge < -0.3 is 9.97 Å². The van der Waals surface area contributed by atoms with Gasteiger partial charge in [-0.05, 0) is 38.0 Å². The predicted molar refractivity (Wildman–Crippen MR) is 90.7 cm³/mol. The highest BCUT2D eigenvalue weighted by Gasteiger charge is 2.08. The zero-order valence-electron chi connectivity index (χ0n) is 13.4. The average Bonchev–Trinajstić information content (AvgIpc) is 3.19. The largest absolute Gasteiger partial charge is 0.345 e. The number of fused-ring (bicyclic) bond motifs is 1. The molecule has 1 aromatic carbocycles. The lowest BCUT2D eigenvalue weighted by molar-refractivity contribution is 0.894. The van der Waals surface area contributed by atoms with E-state index in [4.69, 9.17) is 4.98 Å². The maximum absolute atomic E-state index is 4.72. The van der Waals surface area contributed by atoms with Crippen LogP contribution in [0.3, 0.4) is 0 Å². The second kappa shape index (κ2) is 6.18. The zero-order chi connectivity index (χ0) is 15.5. The molecule has 0 fully saturated rings. The second-order valence-corrected chi connectivity index (χ2v) is 5.62. The number of aromatic amines is 2. The second-order valence-electron chi connectivity index (χ2n) is 5.62. The van der Waals surface area contributed by atoms with Crippen molar-refractivity contribution >= 4 is 11.0 Å². The van der Waals surface area contributed by atoms with Crippen LogP contribution < -0.4 is 0 Å². The lowest BCUT2D eigenvalue weighted by Gasteiger charge is -2.06. The van der Waals surface area contributed by atoms with Gasteiger partial charge in [0.2, 0.25) is 0 Å². The summed E-state index contributed by atoms with van der Waals surface area (Å²) in [4.78, 5) is 15.6. The summed E-state index contributed by atoms with van der Waals surface area (Å²) in [5, 5.41) is 0. The topological polar surface area (TPSA) is 57.4 Å². The van der Waals surface area contributed by atoms with E-state index in [1.165, 1.54) is 11.1 Å². The summed E-state index contributed by atoms with van der Waals surface area (Å²) in [5.41, 5.74) is 6.10. The molecule has 4 heteroatoms. The number of nitrogens with zero attached hydrogens (tertiary/aromatic N) is 2. The Bertz CT molecular complexity index is 794. The van der Waals surface area contributed by atoms with E-state index in [2.05, 4.69) is 53.9 Å². The molecular formula is C18H22N4. The molecule has 0 saturated heterocycles. The molecule has 0 radical (unpaired) electrons. The molecular weight excluding hydrogens is 272 g/mol. The van der Waals surface area contributed by atoms with Gasteiger partial charge in [-0.3, -0.25) is 0 Å². The average molecular weight is 294 g/mol. The van der Waals surface area contributed by atoms with Gasteiger partial charge in [0.05, 0.1) is 11.0 Å². The third-order valence-electron chi connectivity index (χ3n) is 4.24. The first-order valence-corrected chi connectivity index (χ1v) is 7.87. The van der Waals surface area contributed by atoms with Gasteiger partial charge in [0.1, 0.15) is 11.6 Å². The molecule has 2 aromatic heterocycles. The van der Waals surface area contributed by atoms with Crippen molar-refractivity contribution in [3.63, 3.8) is 0 Å². The smallest absolute Gasteiger partial charge is 0.137 e. The molecule has 0 unspecified atom stereocenters. The highest BCUT2D eigenvalue weighted by Crippen LogP contribution is 2.22. The van der Waals surface area contributed by atoms with E-state index in [-0.39, 0.29) is 0 Å².